The Bertz CT molecular complexity index is 901. The first-order valence-corrected chi connectivity index (χ1v) is 9.59. The van der Waals surface area contributed by atoms with Gasteiger partial charge in [0.2, 0.25) is 5.91 Å². The van der Waals surface area contributed by atoms with Gasteiger partial charge in [-0.3, -0.25) is 14.5 Å². The van der Waals surface area contributed by atoms with Crippen molar-refractivity contribution in [3.8, 4) is 0 Å². The predicted molar refractivity (Wildman–Crippen MR) is 106 cm³/mol. The third kappa shape index (κ3) is 4.29. The van der Waals surface area contributed by atoms with E-state index in [1.165, 1.54) is 24.3 Å². The first kappa shape index (κ1) is 20.5. The largest absolute Gasteiger partial charge is 0.348 e. The Balaban J connectivity index is 1.72. The monoisotopic (exact) mass is 397 g/mol. The van der Waals surface area contributed by atoms with Crippen LogP contribution >= 0.6 is 0 Å². The number of nitrogens with one attached hydrogen (secondary N) is 2. The van der Waals surface area contributed by atoms with Gasteiger partial charge in [0.15, 0.2) is 0 Å². The average Bonchev–Trinajstić information content (AvgIpc) is 2.92. The fourth-order valence-electron chi connectivity index (χ4n) is 3.50. The van der Waals surface area contributed by atoms with E-state index in [1.807, 2.05) is 37.3 Å². The Morgan fingerprint density at radius 2 is 1.79 bits per heavy atom. The van der Waals surface area contributed by atoms with Gasteiger partial charge in [-0.1, -0.05) is 55.8 Å². The molecule has 2 unspecified atom stereocenters. The van der Waals surface area contributed by atoms with Gasteiger partial charge in [0, 0.05) is 0 Å². The van der Waals surface area contributed by atoms with Gasteiger partial charge in [-0.05, 0) is 36.6 Å². The van der Waals surface area contributed by atoms with E-state index >= 15 is 0 Å². The van der Waals surface area contributed by atoms with Gasteiger partial charge in [-0.15, -0.1) is 0 Å². The van der Waals surface area contributed by atoms with Gasteiger partial charge >= 0.3 is 6.03 Å². The number of urea groups is 1. The lowest BCUT2D eigenvalue weighted by Crippen LogP contribution is -2.43. The molecule has 4 amide bonds. The molecule has 6 nitrogen and oxygen atoms in total. The third-order valence-corrected chi connectivity index (χ3v) is 5.11. The zero-order valence-electron chi connectivity index (χ0n) is 16.4. The van der Waals surface area contributed by atoms with Gasteiger partial charge in [-0.25, -0.2) is 9.18 Å². The van der Waals surface area contributed by atoms with Crippen molar-refractivity contribution in [2.45, 2.75) is 38.3 Å². The zero-order chi connectivity index (χ0) is 21.0. The first-order chi connectivity index (χ1) is 13.8. The van der Waals surface area contributed by atoms with Crippen LogP contribution in [0.1, 0.15) is 43.9 Å². The lowest BCUT2D eigenvalue weighted by molar-refractivity contribution is -0.135. The van der Waals surface area contributed by atoms with Gasteiger partial charge in [-0.2, -0.15) is 0 Å². The number of hydrogen-bond donors (Lipinski definition) is 2. The molecule has 152 valence electrons. The standard InChI is InChI=1S/C22H24FN3O3/c1-3-7-18(15-8-5-4-6-9-15)24-19(27)14-26-20(28)22(2,25-21(26)29)16-10-12-17(23)13-11-16/h4-6,8-13,18H,3,7,14H2,1-2H3,(H,24,27)(H,25,29). The predicted octanol–water partition coefficient (Wildman–Crippen LogP) is 3.25. The normalized spacial score (nSPS) is 19.8. The molecule has 0 aromatic heterocycles. The molecule has 1 aliphatic heterocycles. The Morgan fingerprint density at radius 3 is 2.41 bits per heavy atom. The second kappa shape index (κ2) is 8.43. The summed E-state index contributed by atoms with van der Waals surface area (Å²) in [4.78, 5) is 38.8. The molecule has 29 heavy (non-hydrogen) atoms. The second-order valence-corrected chi connectivity index (χ2v) is 7.27. The van der Waals surface area contributed by atoms with Crippen LogP contribution in [0.15, 0.2) is 54.6 Å². The second-order valence-electron chi connectivity index (χ2n) is 7.27. The average molecular weight is 397 g/mol. The molecule has 2 N–H and O–H groups in total. The van der Waals surface area contributed by atoms with E-state index in [-0.39, 0.29) is 12.6 Å². The molecule has 0 saturated carbocycles. The summed E-state index contributed by atoms with van der Waals surface area (Å²) in [6.07, 6.45) is 1.61. The van der Waals surface area contributed by atoms with Crippen molar-refractivity contribution in [3.63, 3.8) is 0 Å². The Morgan fingerprint density at radius 1 is 1.14 bits per heavy atom. The van der Waals surface area contributed by atoms with Gasteiger partial charge < -0.3 is 10.6 Å². The van der Waals surface area contributed by atoms with Crippen LogP contribution in [-0.2, 0) is 15.1 Å². The summed E-state index contributed by atoms with van der Waals surface area (Å²) in [6, 6.07) is 14.1. The smallest absolute Gasteiger partial charge is 0.325 e. The van der Waals surface area contributed by atoms with E-state index in [4.69, 9.17) is 0 Å². The topological polar surface area (TPSA) is 78.5 Å². The Kier molecular flexibility index (Phi) is 5.96. The maximum atomic E-state index is 13.2. The van der Waals surface area contributed by atoms with Crippen LogP contribution in [0.25, 0.3) is 0 Å². The van der Waals surface area contributed by atoms with E-state index in [1.54, 1.807) is 6.92 Å². The van der Waals surface area contributed by atoms with E-state index in [0.29, 0.717) is 5.56 Å². The highest BCUT2D eigenvalue weighted by Gasteiger charge is 2.49. The molecular weight excluding hydrogens is 373 g/mol. The molecule has 3 rings (SSSR count). The summed E-state index contributed by atoms with van der Waals surface area (Å²) in [5.74, 6) is -1.40. The highest BCUT2D eigenvalue weighted by atomic mass is 19.1. The van der Waals surface area contributed by atoms with Gasteiger partial charge in [0.05, 0.1) is 6.04 Å². The summed E-state index contributed by atoms with van der Waals surface area (Å²) in [5.41, 5.74) is 0.0807. The van der Waals surface area contributed by atoms with Crippen molar-refractivity contribution in [2.75, 3.05) is 6.54 Å². The van der Waals surface area contributed by atoms with Gasteiger partial charge in [0.25, 0.3) is 5.91 Å². The van der Waals surface area contributed by atoms with E-state index in [2.05, 4.69) is 10.6 Å². The molecule has 1 saturated heterocycles. The summed E-state index contributed by atoms with van der Waals surface area (Å²) >= 11 is 0. The Hall–Kier alpha value is -3.22. The van der Waals surface area contributed by atoms with Crippen molar-refractivity contribution in [1.29, 1.82) is 0 Å². The maximum absolute atomic E-state index is 13.2. The summed E-state index contributed by atoms with van der Waals surface area (Å²) in [7, 11) is 0. The molecule has 0 spiro atoms. The van der Waals surface area contributed by atoms with Crippen LogP contribution in [-0.4, -0.2) is 29.3 Å². The van der Waals surface area contributed by atoms with Crippen LogP contribution in [0.3, 0.4) is 0 Å². The van der Waals surface area contributed by atoms with Crippen molar-refractivity contribution in [3.05, 3.63) is 71.5 Å². The zero-order valence-corrected chi connectivity index (χ0v) is 16.4. The number of carbonyl (C=O) groups excluding carboxylic acids is 3. The third-order valence-electron chi connectivity index (χ3n) is 5.11. The minimum absolute atomic E-state index is 0.196. The molecule has 0 radical (unpaired) electrons. The lowest BCUT2D eigenvalue weighted by Gasteiger charge is -2.23. The number of carbonyl (C=O) groups is 3. The van der Waals surface area contributed by atoms with Gasteiger partial charge in [0.1, 0.15) is 17.9 Å². The first-order valence-electron chi connectivity index (χ1n) is 9.59. The molecular formula is C22H24FN3O3. The van der Waals surface area contributed by atoms with E-state index in [0.717, 1.165) is 23.3 Å². The molecule has 1 fully saturated rings. The molecule has 2 atom stereocenters. The van der Waals surface area contributed by atoms with Crippen LogP contribution in [0.4, 0.5) is 9.18 Å². The highest BCUT2D eigenvalue weighted by Crippen LogP contribution is 2.29. The molecule has 0 aliphatic carbocycles. The number of rotatable bonds is 7. The van der Waals surface area contributed by atoms with Crippen LogP contribution < -0.4 is 10.6 Å². The minimum Gasteiger partial charge on any atom is -0.348 e. The number of hydrogen-bond acceptors (Lipinski definition) is 3. The number of nitrogens with zero attached hydrogens (tertiary/aromatic N) is 1. The van der Waals surface area contributed by atoms with Crippen molar-refractivity contribution in [2.24, 2.45) is 0 Å². The SMILES string of the molecule is CCCC(NC(=O)CN1C(=O)NC(C)(c2ccc(F)cc2)C1=O)c1ccccc1. The van der Waals surface area contributed by atoms with Crippen LogP contribution in [0.5, 0.6) is 0 Å². The summed E-state index contributed by atoms with van der Waals surface area (Å²) in [6.45, 7) is 3.18. The van der Waals surface area contributed by atoms with E-state index in [9.17, 15) is 18.8 Å². The number of amides is 4. The van der Waals surface area contributed by atoms with Crippen molar-refractivity contribution < 1.29 is 18.8 Å². The highest BCUT2D eigenvalue weighted by molar-refractivity contribution is 6.09. The van der Waals surface area contributed by atoms with Crippen LogP contribution in [0.2, 0.25) is 0 Å². The molecule has 1 heterocycles. The lowest BCUT2D eigenvalue weighted by atomic mass is 9.92. The quantitative estimate of drug-likeness (QED) is 0.704. The molecule has 1 aliphatic rings. The molecule has 2 aromatic rings. The number of benzene rings is 2. The van der Waals surface area contributed by atoms with Crippen molar-refractivity contribution >= 4 is 17.8 Å². The number of halogens is 1. The fraction of sp³-hybridized carbons (Fsp3) is 0.318. The fourth-order valence-corrected chi connectivity index (χ4v) is 3.50. The summed E-state index contributed by atoms with van der Waals surface area (Å²) < 4.78 is 13.2. The minimum atomic E-state index is -1.34. The number of imide groups is 1. The Labute approximate surface area is 169 Å². The van der Waals surface area contributed by atoms with E-state index < -0.39 is 29.2 Å². The molecule has 7 heteroatoms. The summed E-state index contributed by atoms with van der Waals surface area (Å²) in [5, 5.41) is 5.53. The van der Waals surface area contributed by atoms with Crippen molar-refractivity contribution in [1.82, 2.24) is 15.5 Å². The van der Waals surface area contributed by atoms with Crippen LogP contribution in [0, 0.1) is 5.82 Å². The molecule has 2 aromatic carbocycles. The maximum Gasteiger partial charge on any atom is 0.325 e. The molecule has 0 bridgehead atoms.